The molecule has 0 aliphatic heterocycles. The van der Waals surface area contributed by atoms with Gasteiger partial charge in [0.25, 0.3) is 5.91 Å². The number of amides is 1. The van der Waals surface area contributed by atoms with E-state index >= 15 is 0 Å². The lowest BCUT2D eigenvalue weighted by atomic mass is 10.0. The van der Waals surface area contributed by atoms with Gasteiger partial charge in [-0.2, -0.15) is 0 Å². The zero-order valence-electron chi connectivity index (χ0n) is 15.2. The van der Waals surface area contributed by atoms with E-state index in [0.717, 1.165) is 37.1 Å². The van der Waals surface area contributed by atoms with Gasteiger partial charge < -0.3 is 5.11 Å². The minimum Gasteiger partial charge on any atom is -0.395 e. The molecular formula is C21H25N3O3. The molecule has 6 heteroatoms. The van der Waals surface area contributed by atoms with Gasteiger partial charge in [0.1, 0.15) is 0 Å². The van der Waals surface area contributed by atoms with E-state index in [0.29, 0.717) is 6.54 Å². The van der Waals surface area contributed by atoms with E-state index in [-0.39, 0.29) is 12.6 Å². The summed E-state index contributed by atoms with van der Waals surface area (Å²) in [6.07, 6.45) is 7.64. The van der Waals surface area contributed by atoms with Crippen molar-refractivity contribution in [1.29, 1.82) is 0 Å². The molecule has 2 aromatic rings. The van der Waals surface area contributed by atoms with Crippen LogP contribution in [0.5, 0.6) is 0 Å². The van der Waals surface area contributed by atoms with Crippen molar-refractivity contribution in [3.05, 3.63) is 71.1 Å². The molecule has 1 aliphatic carbocycles. The second-order valence-corrected chi connectivity index (χ2v) is 6.65. The average molecular weight is 367 g/mol. The first-order chi connectivity index (χ1) is 13.2. The van der Waals surface area contributed by atoms with Gasteiger partial charge in [0.2, 0.25) is 0 Å². The van der Waals surface area contributed by atoms with E-state index in [1.807, 2.05) is 30.5 Å². The summed E-state index contributed by atoms with van der Waals surface area (Å²) in [7, 11) is 0. The van der Waals surface area contributed by atoms with Gasteiger partial charge in [-0.1, -0.05) is 24.3 Å². The lowest BCUT2D eigenvalue weighted by Gasteiger charge is -2.29. The number of benzene rings is 1. The van der Waals surface area contributed by atoms with Gasteiger partial charge in [-0.3, -0.25) is 19.9 Å². The summed E-state index contributed by atoms with van der Waals surface area (Å²) in [6, 6.07) is 12.4. The number of fused-ring (bicyclic) bond motifs is 1. The molecule has 1 heterocycles. The van der Waals surface area contributed by atoms with Gasteiger partial charge in [-0.25, -0.2) is 5.48 Å². The van der Waals surface area contributed by atoms with Gasteiger partial charge in [0.15, 0.2) is 0 Å². The molecule has 1 aromatic carbocycles. The third kappa shape index (κ3) is 5.01. The Morgan fingerprint density at radius 1 is 1.30 bits per heavy atom. The predicted molar refractivity (Wildman–Crippen MR) is 103 cm³/mol. The number of aryl methyl sites for hydroxylation is 1. The van der Waals surface area contributed by atoms with E-state index in [1.165, 1.54) is 17.2 Å². The first-order valence-electron chi connectivity index (χ1n) is 9.21. The Morgan fingerprint density at radius 2 is 2.19 bits per heavy atom. The predicted octanol–water partition coefficient (Wildman–Crippen LogP) is 2.12. The van der Waals surface area contributed by atoms with Gasteiger partial charge >= 0.3 is 0 Å². The lowest BCUT2D eigenvalue weighted by Crippen LogP contribution is -2.32. The monoisotopic (exact) mass is 367 g/mol. The normalized spacial score (nSPS) is 16.0. The van der Waals surface area contributed by atoms with Crippen LogP contribution in [0.2, 0.25) is 0 Å². The van der Waals surface area contributed by atoms with Crippen LogP contribution in [-0.4, -0.2) is 45.8 Å². The lowest BCUT2D eigenvalue weighted by molar-refractivity contribution is -0.124. The highest BCUT2D eigenvalue weighted by Crippen LogP contribution is 2.36. The topological polar surface area (TPSA) is 85.7 Å². The molecule has 1 aromatic heterocycles. The number of carbonyl (C=O) groups is 1. The molecule has 0 radical (unpaired) electrons. The summed E-state index contributed by atoms with van der Waals surface area (Å²) in [5.41, 5.74) is 6.13. The highest BCUT2D eigenvalue weighted by molar-refractivity contribution is 5.90. The molecule has 0 saturated carbocycles. The van der Waals surface area contributed by atoms with E-state index in [4.69, 9.17) is 5.21 Å². The third-order valence-electron chi connectivity index (χ3n) is 4.96. The Kier molecular flexibility index (Phi) is 6.70. The number of hydrogen-bond acceptors (Lipinski definition) is 5. The summed E-state index contributed by atoms with van der Waals surface area (Å²) in [4.78, 5) is 17.9. The quantitative estimate of drug-likeness (QED) is 0.378. The highest BCUT2D eigenvalue weighted by Gasteiger charge is 2.27. The Balaban J connectivity index is 1.71. The molecule has 1 atom stereocenters. The van der Waals surface area contributed by atoms with Crippen molar-refractivity contribution in [3.8, 4) is 0 Å². The molecule has 0 bridgehead atoms. The van der Waals surface area contributed by atoms with Crippen LogP contribution >= 0.6 is 0 Å². The fourth-order valence-electron chi connectivity index (χ4n) is 3.66. The van der Waals surface area contributed by atoms with Crippen LogP contribution < -0.4 is 5.48 Å². The number of hydrogen-bond donors (Lipinski definition) is 3. The maximum absolute atomic E-state index is 11.1. The van der Waals surface area contributed by atoms with Crippen molar-refractivity contribution in [2.24, 2.45) is 0 Å². The van der Waals surface area contributed by atoms with Crippen LogP contribution in [0.3, 0.4) is 0 Å². The van der Waals surface area contributed by atoms with E-state index in [9.17, 15) is 9.90 Å². The molecule has 1 amide bonds. The summed E-state index contributed by atoms with van der Waals surface area (Å²) in [5.74, 6) is -0.544. The number of hydroxylamine groups is 1. The molecule has 0 spiro atoms. The zero-order chi connectivity index (χ0) is 19.1. The van der Waals surface area contributed by atoms with Gasteiger partial charge in [-0.15, -0.1) is 0 Å². The molecule has 142 valence electrons. The van der Waals surface area contributed by atoms with E-state index in [2.05, 4.69) is 22.0 Å². The molecule has 1 aliphatic rings. The number of carbonyl (C=O) groups excluding carboxylic acids is 1. The average Bonchev–Trinajstić information content (AvgIpc) is 3.13. The second kappa shape index (κ2) is 9.41. The minimum atomic E-state index is -0.544. The summed E-state index contributed by atoms with van der Waals surface area (Å²) in [5, 5.41) is 18.1. The van der Waals surface area contributed by atoms with Crippen molar-refractivity contribution < 1.29 is 15.1 Å². The standard InChI is InChI=1S/C21H25N3O3/c25-14-13-24(12-10-18-3-1-2-11-22-18)20-8-6-17-15-16(4-7-19(17)20)5-9-21(26)23-27/h1-5,7,9,11,15,20,25,27H,6,8,10,12-14H2,(H,23,26)/b9-5+. The van der Waals surface area contributed by atoms with Crippen molar-refractivity contribution in [2.75, 3.05) is 19.7 Å². The molecule has 3 rings (SSSR count). The number of nitrogens with zero attached hydrogens (tertiary/aromatic N) is 2. The minimum absolute atomic E-state index is 0.130. The maximum atomic E-state index is 11.1. The first-order valence-corrected chi connectivity index (χ1v) is 9.21. The van der Waals surface area contributed by atoms with E-state index < -0.39 is 5.91 Å². The van der Waals surface area contributed by atoms with Crippen LogP contribution in [0.25, 0.3) is 6.08 Å². The molecular weight excluding hydrogens is 342 g/mol. The number of aliphatic hydroxyl groups excluding tert-OH is 1. The Bertz CT molecular complexity index is 793. The highest BCUT2D eigenvalue weighted by atomic mass is 16.5. The maximum Gasteiger partial charge on any atom is 0.267 e. The summed E-state index contributed by atoms with van der Waals surface area (Å²) < 4.78 is 0. The van der Waals surface area contributed by atoms with Crippen LogP contribution in [0.15, 0.2) is 48.7 Å². The van der Waals surface area contributed by atoms with E-state index in [1.54, 1.807) is 11.6 Å². The van der Waals surface area contributed by atoms with Crippen LogP contribution in [0.1, 0.15) is 34.8 Å². The smallest absolute Gasteiger partial charge is 0.267 e. The number of rotatable bonds is 8. The Morgan fingerprint density at radius 3 is 2.93 bits per heavy atom. The van der Waals surface area contributed by atoms with Crippen LogP contribution in [0.4, 0.5) is 0 Å². The number of aliphatic hydroxyl groups is 1. The van der Waals surface area contributed by atoms with Crippen LogP contribution in [0, 0.1) is 0 Å². The largest absolute Gasteiger partial charge is 0.395 e. The van der Waals surface area contributed by atoms with Gasteiger partial charge in [0, 0.05) is 43.5 Å². The van der Waals surface area contributed by atoms with Gasteiger partial charge in [-0.05, 0) is 47.7 Å². The number of nitrogens with one attached hydrogen (secondary N) is 1. The Hall–Kier alpha value is -2.54. The van der Waals surface area contributed by atoms with Crippen molar-refractivity contribution >= 4 is 12.0 Å². The van der Waals surface area contributed by atoms with Crippen molar-refractivity contribution in [2.45, 2.75) is 25.3 Å². The summed E-state index contributed by atoms with van der Waals surface area (Å²) in [6.45, 7) is 1.61. The Labute approximate surface area is 159 Å². The van der Waals surface area contributed by atoms with Crippen LogP contribution in [-0.2, 0) is 17.6 Å². The zero-order valence-corrected chi connectivity index (χ0v) is 15.2. The fourth-order valence-corrected chi connectivity index (χ4v) is 3.66. The number of aromatic nitrogens is 1. The molecule has 3 N–H and O–H groups in total. The first kappa shape index (κ1) is 19.2. The molecule has 1 unspecified atom stereocenters. The SMILES string of the molecule is O=C(/C=C/c1ccc2c(c1)CCC2N(CCO)CCc1ccccn1)NO. The second-order valence-electron chi connectivity index (χ2n) is 6.65. The summed E-state index contributed by atoms with van der Waals surface area (Å²) >= 11 is 0. The van der Waals surface area contributed by atoms with Crippen molar-refractivity contribution in [1.82, 2.24) is 15.4 Å². The molecule has 27 heavy (non-hydrogen) atoms. The molecule has 0 saturated heterocycles. The van der Waals surface area contributed by atoms with Crippen molar-refractivity contribution in [3.63, 3.8) is 0 Å². The van der Waals surface area contributed by atoms with Gasteiger partial charge in [0.05, 0.1) is 6.61 Å². The fraction of sp³-hybridized carbons (Fsp3) is 0.333. The molecule has 6 nitrogen and oxygen atoms in total. The molecule has 0 fully saturated rings. The third-order valence-corrected chi connectivity index (χ3v) is 4.96. The number of pyridine rings is 1.